The molecule has 0 spiro atoms. The summed E-state index contributed by atoms with van der Waals surface area (Å²) < 4.78 is 12.9. The second-order valence-corrected chi connectivity index (χ2v) is 3.92. The second kappa shape index (κ2) is 3.77. The van der Waals surface area contributed by atoms with E-state index < -0.39 is 11.4 Å². The van der Waals surface area contributed by atoms with Gasteiger partial charge in [-0.25, -0.2) is 4.39 Å². The number of rotatable bonds is 2. The van der Waals surface area contributed by atoms with Crippen LogP contribution in [0.15, 0.2) is 18.2 Å². The van der Waals surface area contributed by atoms with E-state index in [9.17, 15) is 9.50 Å². The van der Waals surface area contributed by atoms with Crippen LogP contribution in [0.3, 0.4) is 0 Å². The summed E-state index contributed by atoms with van der Waals surface area (Å²) in [4.78, 5) is 0. The number of nitriles is 1. The molecular weight excluding hydrogens is 181 g/mol. The smallest absolute Gasteiger partial charge is 0.140 e. The minimum atomic E-state index is -0.843. The van der Waals surface area contributed by atoms with Crippen LogP contribution in [-0.4, -0.2) is 10.7 Å². The van der Waals surface area contributed by atoms with Crippen molar-refractivity contribution in [2.45, 2.75) is 25.9 Å². The largest absolute Gasteiger partial charge is 0.390 e. The summed E-state index contributed by atoms with van der Waals surface area (Å²) in [5.74, 6) is -0.521. The molecule has 1 aromatic rings. The highest BCUT2D eigenvalue weighted by molar-refractivity contribution is 5.34. The fraction of sp³-hybridized carbons (Fsp3) is 0.364. The fourth-order valence-electron chi connectivity index (χ4n) is 1.27. The highest BCUT2D eigenvalue weighted by Gasteiger charge is 2.14. The molecule has 3 heteroatoms. The molecule has 0 radical (unpaired) electrons. The van der Waals surface area contributed by atoms with Gasteiger partial charge in [-0.05, 0) is 31.5 Å². The maximum Gasteiger partial charge on any atom is 0.140 e. The highest BCUT2D eigenvalue weighted by Crippen LogP contribution is 2.15. The molecule has 0 aliphatic carbocycles. The van der Waals surface area contributed by atoms with Gasteiger partial charge in [-0.15, -0.1) is 0 Å². The van der Waals surface area contributed by atoms with Crippen LogP contribution in [0, 0.1) is 17.1 Å². The van der Waals surface area contributed by atoms with Gasteiger partial charge in [0.05, 0.1) is 11.2 Å². The molecule has 0 heterocycles. The Morgan fingerprint density at radius 1 is 1.50 bits per heavy atom. The van der Waals surface area contributed by atoms with E-state index in [2.05, 4.69) is 0 Å². The molecule has 1 aromatic carbocycles. The first kappa shape index (κ1) is 10.7. The predicted octanol–water partition coefficient (Wildman–Crippen LogP) is 2.01. The van der Waals surface area contributed by atoms with Crippen molar-refractivity contribution in [1.29, 1.82) is 5.26 Å². The highest BCUT2D eigenvalue weighted by atomic mass is 19.1. The van der Waals surface area contributed by atoms with Crippen LogP contribution in [0.1, 0.15) is 25.0 Å². The number of hydrogen-bond donors (Lipinski definition) is 1. The van der Waals surface area contributed by atoms with Gasteiger partial charge in [-0.1, -0.05) is 6.07 Å². The average Bonchev–Trinajstić information content (AvgIpc) is 2.06. The standard InChI is InChI=1S/C11H12FNO/c1-11(2,14)6-8-3-4-10(12)9(5-8)7-13/h3-5,14H,6H2,1-2H3. The van der Waals surface area contributed by atoms with E-state index >= 15 is 0 Å². The average molecular weight is 193 g/mol. The minimum absolute atomic E-state index is 0.0201. The Morgan fingerprint density at radius 2 is 2.14 bits per heavy atom. The lowest BCUT2D eigenvalue weighted by Gasteiger charge is -2.16. The molecule has 2 nitrogen and oxygen atoms in total. The Morgan fingerprint density at radius 3 is 2.64 bits per heavy atom. The van der Waals surface area contributed by atoms with Crippen molar-refractivity contribution in [3.05, 3.63) is 35.1 Å². The summed E-state index contributed by atoms with van der Waals surface area (Å²) in [6.07, 6.45) is 0.405. The van der Waals surface area contributed by atoms with E-state index in [-0.39, 0.29) is 5.56 Å². The summed E-state index contributed by atoms with van der Waals surface area (Å²) in [6, 6.07) is 6.06. The van der Waals surface area contributed by atoms with Gasteiger partial charge in [-0.3, -0.25) is 0 Å². The predicted molar refractivity (Wildman–Crippen MR) is 51.1 cm³/mol. The summed E-state index contributed by atoms with van der Waals surface area (Å²) >= 11 is 0. The van der Waals surface area contributed by atoms with E-state index in [0.717, 1.165) is 5.56 Å². The maximum atomic E-state index is 12.9. The Labute approximate surface area is 82.6 Å². The van der Waals surface area contributed by atoms with E-state index in [1.807, 2.05) is 0 Å². The molecule has 0 aliphatic rings. The normalized spacial score (nSPS) is 11.1. The first-order valence-electron chi connectivity index (χ1n) is 4.33. The number of aliphatic hydroxyl groups is 1. The van der Waals surface area contributed by atoms with Crippen LogP contribution < -0.4 is 0 Å². The Bertz CT molecular complexity index is 374. The van der Waals surface area contributed by atoms with Crippen molar-refractivity contribution in [3.63, 3.8) is 0 Å². The van der Waals surface area contributed by atoms with Gasteiger partial charge < -0.3 is 5.11 Å². The van der Waals surface area contributed by atoms with Crippen molar-refractivity contribution in [3.8, 4) is 6.07 Å². The van der Waals surface area contributed by atoms with Crippen LogP contribution in [0.4, 0.5) is 4.39 Å². The Hall–Kier alpha value is -1.40. The Balaban J connectivity index is 2.97. The first-order valence-corrected chi connectivity index (χ1v) is 4.33. The third-order valence-corrected chi connectivity index (χ3v) is 1.79. The van der Waals surface area contributed by atoms with Crippen LogP contribution in [-0.2, 0) is 6.42 Å². The van der Waals surface area contributed by atoms with Gasteiger partial charge in [0, 0.05) is 6.42 Å². The molecule has 0 saturated heterocycles. The molecule has 0 saturated carbocycles. The molecule has 0 fully saturated rings. The Kier molecular flexibility index (Phi) is 2.87. The van der Waals surface area contributed by atoms with Crippen molar-refractivity contribution in [1.82, 2.24) is 0 Å². The lowest BCUT2D eigenvalue weighted by atomic mass is 9.97. The van der Waals surface area contributed by atoms with Gasteiger partial charge in [0.15, 0.2) is 0 Å². The molecule has 14 heavy (non-hydrogen) atoms. The lowest BCUT2D eigenvalue weighted by Crippen LogP contribution is -2.21. The van der Waals surface area contributed by atoms with Crippen molar-refractivity contribution in [2.24, 2.45) is 0 Å². The van der Waals surface area contributed by atoms with E-state index in [0.29, 0.717) is 6.42 Å². The second-order valence-electron chi connectivity index (χ2n) is 3.92. The van der Waals surface area contributed by atoms with E-state index in [1.54, 1.807) is 26.0 Å². The SMILES string of the molecule is CC(C)(O)Cc1ccc(F)c(C#N)c1. The van der Waals surface area contributed by atoms with Gasteiger partial charge in [0.25, 0.3) is 0 Å². The summed E-state index contributed by atoms with van der Waals surface area (Å²) in [5.41, 5.74) is -0.0629. The molecule has 74 valence electrons. The molecule has 0 unspecified atom stereocenters. The molecule has 0 aromatic heterocycles. The molecule has 0 atom stereocenters. The molecule has 1 rings (SSSR count). The van der Waals surface area contributed by atoms with Gasteiger partial charge in [0.2, 0.25) is 0 Å². The van der Waals surface area contributed by atoms with Crippen LogP contribution in [0.25, 0.3) is 0 Å². The van der Waals surface area contributed by atoms with Crippen LogP contribution in [0.5, 0.6) is 0 Å². The van der Waals surface area contributed by atoms with Crippen LogP contribution >= 0.6 is 0 Å². The fourth-order valence-corrected chi connectivity index (χ4v) is 1.27. The van der Waals surface area contributed by atoms with Gasteiger partial charge in [0.1, 0.15) is 11.9 Å². The minimum Gasteiger partial charge on any atom is -0.390 e. The number of hydrogen-bond acceptors (Lipinski definition) is 2. The first-order chi connectivity index (χ1) is 6.42. The van der Waals surface area contributed by atoms with Gasteiger partial charge in [-0.2, -0.15) is 5.26 Å². The summed E-state index contributed by atoms with van der Waals surface area (Å²) in [5, 5.41) is 18.1. The molecule has 1 N–H and O–H groups in total. The third-order valence-electron chi connectivity index (χ3n) is 1.79. The molecule has 0 aliphatic heterocycles. The quantitative estimate of drug-likeness (QED) is 0.780. The molecule has 0 amide bonds. The van der Waals surface area contributed by atoms with Crippen LogP contribution in [0.2, 0.25) is 0 Å². The van der Waals surface area contributed by atoms with Crippen molar-refractivity contribution >= 4 is 0 Å². The molecular formula is C11H12FNO. The monoisotopic (exact) mass is 193 g/mol. The zero-order valence-corrected chi connectivity index (χ0v) is 8.21. The van der Waals surface area contributed by atoms with Crippen molar-refractivity contribution < 1.29 is 9.50 Å². The van der Waals surface area contributed by atoms with Crippen molar-refractivity contribution in [2.75, 3.05) is 0 Å². The van der Waals surface area contributed by atoms with E-state index in [1.165, 1.54) is 12.1 Å². The lowest BCUT2D eigenvalue weighted by molar-refractivity contribution is 0.0810. The number of halogens is 1. The van der Waals surface area contributed by atoms with Gasteiger partial charge >= 0.3 is 0 Å². The third kappa shape index (κ3) is 2.82. The number of benzene rings is 1. The zero-order valence-electron chi connectivity index (χ0n) is 8.21. The maximum absolute atomic E-state index is 12.9. The van der Waals surface area contributed by atoms with E-state index in [4.69, 9.17) is 5.26 Å². The summed E-state index contributed by atoms with van der Waals surface area (Å²) in [6.45, 7) is 3.34. The zero-order chi connectivity index (χ0) is 10.8. The number of nitrogens with zero attached hydrogens (tertiary/aromatic N) is 1. The summed E-state index contributed by atoms with van der Waals surface area (Å²) in [7, 11) is 0. The molecule has 0 bridgehead atoms. The topological polar surface area (TPSA) is 44.0 Å².